The Balaban J connectivity index is 2.05. The number of aliphatic hydroxyl groups excluding tert-OH is 1. The molecule has 0 aliphatic rings. The molecule has 1 N–H and O–H groups in total. The lowest BCUT2D eigenvalue weighted by Crippen LogP contribution is -2.02. The second kappa shape index (κ2) is 9.18. The summed E-state index contributed by atoms with van der Waals surface area (Å²) in [5, 5.41) is 10.6. The summed E-state index contributed by atoms with van der Waals surface area (Å²) in [6.07, 6.45) is 2.70. The minimum atomic E-state index is -0.723. The monoisotopic (exact) mass is 330 g/mol. The second-order valence-corrected chi connectivity index (χ2v) is 5.64. The Morgan fingerprint density at radius 1 is 0.875 bits per heavy atom. The van der Waals surface area contributed by atoms with Gasteiger partial charge in [0.2, 0.25) is 0 Å². The van der Waals surface area contributed by atoms with Crippen LogP contribution in [0, 0.1) is 0 Å². The highest BCUT2D eigenvalue weighted by molar-refractivity contribution is 5.45. The van der Waals surface area contributed by atoms with Gasteiger partial charge in [0.05, 0.1) is 20.8 Å². The van der Waals surface area contributed by atoms with E-state index in [-0.39, 0.29) is 0 Å². The van der Waals surface area contributed by atoms with Crippen LogP contribution in [0.25, 0.3) is 0 Å². The quantitative estimate of drug-likeness (QED) is 0.694. The third kappa shape index (κ3) is 4.65. The van der Waals surface area contributed by atoms with E-state index in [1.54, 1.807) is 26.4 Å². The van der Waals surface area contributed by atoms with Crippen LogP contribution in [-0.4, -0.2) is 25.9 Å². The van der Waals surface area contributed by atoms with E-state index < -0.39 is 6.10 Å². The van der Waals surface area contributed by atoms with Gasteiger partial charge in [0.1, 0.15) is 11.9 Å². The second-order valence-electron chi connectivity index (χ2n) is 5.64. The Labute approximate surface area is 144 Å². The number of hydrogen-bond donors (Lipinski definition) is 1. The van der Waals surface area contributed by atoms with Gasteiger partial charge < -0.3 is 19.3 Å². The third-order valence-electron chi connectivity index (χ3n) is 3.94. The molecule has 0 fully saturated rings. The van der Waals surface area contributed by atoms with Gasteiger partial charge in [-0.3, -0.25) is 0 Å². The highest BCUT2D eigenvalue weighted by Gasteiger charge is 2.13. The number of methoxy groups -OCH3 is 2. The van der Waals surface area contributed by atoms with Gasteiger partial charge in [-0.05, 0) is 41.8 Å². The number of hydrogen-bond acceptors (Lipinski definition) is 4. The van der Waals surface area contributed by atoms with Crippen molar-refractivity contribution >= 4 is 0 Å². The zero-order valence-electron chi connectivity index (χ0n) is 14.6. The molecular formula is C20H26O4. The summed E-state index contributed by atoms with van der Waals surface area (Å²) in [6, 6.07) is 13.0. The van der Waals surface area contributed by atoms with E-state index in [2.05, 4.69) is 6.92 Å². The predicted molar refractivity (Wildman–Crippen MR) is 95.1 cm³/mol. The first-order valence-corrected chi connectivity index (χ1v) is 8.32. The van der Waals surface area contributed by atoms with Gasteiger partial charge in [0.25, 0.3) is 0 Å². The van der Waals surface area contributed by atoms with Crippen LogP contribution in [0.1, 0.15) is 43.4 Å². The first-order chi connectivity index (χ1) is 11.7. The maximum Gasteiger partial charge on any atom is 0.161 e. The van der Waals surface area contributed by atoms with Crippen LogP contribution in [0.4, 0.5) is 0 Å². The van der Waals surface area contributed by atoms with Gasteiger partial charge in [-0.2, -0.15) is 0 Å². The average Bonchev–Trinajstić information content (AvgIpc) is 2.64. The summed E-state index contributed by atoms with van der Waals surface area (Å²) >= 11 is 0. The van der Waals surface area contributed by atoms with Gasteiger partial charge in [-0.15, -0.1) is 0 Å². The Bertz CT molecular complexity index is 622. The molecule has 24 heavy (non-hydrogen) atoms. The zero-order valence-corrected chi connectivity index (χ0v) is 14.6. The van der Waals surface area contributed by atoms with Gasteiger partial charge in [0, 0.05) is 0 Å². The molecule has 4 heteroatoms. The number of unbranched alkanes of at least 4 members (excludes halogenated alkanes) is 2. The molecule has 1 unspecified atom stereocenters. The van der Waals surface area contributed by atoms with Crippen molar-refractivity contribution in [3.05, 3.63) is 53.6 Å². The molecule has 2 aromatic carbocycles. The standard InChI is InChI=1S/C20H26O4/c1-4-5-6-13-24-17-10-7-15(8-11-17)20(21)16-9-12-18(22-2)19(14-16)23-3/h7-12,14,20-21H,4-6,13H2,1-3H3. The Morgan fingerprint density at radius 2 is 1.54 bits per heavy atom. The van der Waals surface area contributed by atoms with Crippen molar-refractivity contribution in [1.29, 1.82) is 0 Å². The van der Waals surface area contributed by atoms with Crippen LogP contribution >= 0.6 is 0 Å². The summed E-state index contributed by atoms with van der Waals surface area (Å²) in [6.45, 7) is 2.90. The third-order valence-corrected chi connectivity index (χ3v) is 3.94. The molecule has 1 atom stereocenters. The molecule has 130 valence electrons. The minimum Gasteiger partial charge on any atom is -0.494 e. The topological polar surface area (TPSA) is 47.9 Å². The molecule has 0 saturated carbocycles. The van der Waals surface area contributed by atoms with Crippen LogP contribution in [-0.2, 0) is 0 Å². The highest BCUT2D eigenvalue weighted by Crippen LogP contribution is 2.32. The van der Waals surface area contributed by atoms with Gasteiger partial charge in [0.15, 0.2) is 11.5 Å². The lowest BCUT2D eigenvalue weighted by atomic mass is 10.0. The average molecular weight is 330 g/mol. The number of benzene rings is 2. The molecule has 0 amide bonds. The SMILES string of the molecule is CCCCCOc1ccc(C(O)c2ccc(OC)c(OC)c2)cc1. The van der Waals surface area contributed by atoms with Crippen molar-refractivity contribution in [1.82, 2.24) is 0 Å². The molecule has 0 heterocycles. The summed E-state index contributed by atoms with van der Waals surface area (Å²) in [5.41, 5.74) is 1.56. The van der Waals surface area contributed by atoms with E-state index in [0.29, 0.717) is 11.5 Å². The molecule has 2 rings (SSSR count). The molecule has 0 aliphatic heterocycles. The largest absolute Gasteiger partial charge is 0.494 e. The Morgan fingerprint density at radius 3 is 2.17 bits per heavy atom. The Kier molecular flexibility index (Phi) is 6.94. The summed E-state index contributed by atoms with van der Waals surface area (Å²) in [4.78, 5) is 0. The number of aliphatic hydroxyl groups is 1. The van der Waals surface area contributed by atoms with Crippen molar-refractivity contribution in [2.45, 2.75) is 32.3 Å². The van der Waals surface area contributed by atoms with Gasteiger partial charge >= 0.3 is 0 Å². The highest BCUT2D eigenvalue weighted by atomic mass is 16.5. The summed E-state index contributed by atoms with van der Waals surface area (Å²) < 4.78 is 16.2. The van der Waals surface area contributed by atoms with E-state index in [9.17, 15) is 5.11 Å². The molecule has 0 aliphatic carbocycles. The lowest BCUT2D eigenvalue weighted by molar-refractivity contribution is 0.219. The fourth-order valence-corrected chi connectivity index (χ4v) is 2.50. The molecule has 2 aromatic rings. The van der Waals surface area contributed by atoms with E-state index in [1.165, 1.54) is 12.8 Å². The van der Waals surface area contributed by atoms with Crippen LogP contribution in [0.3, 0.4) is 0 Å². The van der Waals surface area contributed by atoms with E-state index in [0.717, 1.165) is 29.9 Å². The first kappa shape index (κ1) is 18.1. The zero-order chi connectivity index (χ0) is 17.4. The van der Waals surface area contributed by atoms with Crippen LogP contribution in [0.15, 0.2) is 42.5 Å². The fraction of sp³-hybridized carbons (Fsp3) is 0.400. The van der Waals surface area contributed by atoms with Crippen molar-refractivity contribution < 1.29 is 19.3 Å². The smallest absolute Gasteiger partial charge is 0.161 e. The van der Waals surface area contributed by atoms with Gasteiger partial charge in [-0.25, -0.2) is 0 Å². The fourth-order valence-electron chi connectivity index (χ4n) is 2.50. The molecular weight excluding hydrogens is 304 g/mol. The van der Waals surface area contributed by atoms with E-state index >= 15 is 0 Å². The van der Waals surface area contributed by atoms with Crippen LogP contribution < -0.4 is 14.2 Å². The number of rotatable bonds is 9. The normalized spacial score (nSPS) is 11.8. The Hall–Kier alpha value is -2.20. The molecule has 0 spiro atoms. The maximum absolute atomic E-state index is 10.6. The van der Waals surface area contributed by atoms with Crippen LogP contribution in [0.5, 0.6) is 17.2 Å². The molecule has 0 bridgehead atoms. The predicted octanol–water partition coefficient (Wildman–Crippen LogP) is 4.35. The summed E-state index contributed by atoms with van der Waals surface area (Å²) in [5.74, 6) is 2.07. The van der Waals surface area contributed by atoms with E-state index in [4.69, 9.17) is 14.2 Å². The molecule has 4 nitrogen and oxygen atoms in total. The molecule has 0 radical (unpaired) electrons. The molecule has 0 aromatic heterocycles. The van der Waals surface area contributed by atoms with E-state index in [1.807, 2.05) is 30.3 Å². The van der Waals surface area contributed by atoms with Crippen molar-refractivity contribution in [2.24, 2.45) is 0 Å². The van der Waals surface area contributed by atoms with Crippen molar-refractivity contribution in [3.63, 3.8) is 0 Å². The number of ether oxygens (including phenoxy) is 3. The molecule has 0 saturated heterocycles. The summed E-state index contributed by atoms with van der Waals surface area (Å²) in [7, 11) is 3.17. The van der Waals surface area contributed by atoms with Crippen molar-refractivity contribution in [3.8, 4) is 17.2 Å². The first-order valence-electron chi connectivity index (χ1n) is 8.32. The minimum absolute atomic E-state index is 0.602. The van der Waals surface area contributed by atoms with Crippen molar-refractivity contribution in [2.75, 3.05) is 20.8 Å². The lowest BCUT2D eigenvalue weighted by Gasteiger charge is -2.15. The maximum atomic E-state index is 10.6. The van der Waals surface area contributed by atoms with Gasteiger partial charge in [-0.1, -0.05) is 38.0 Å². The van der Waals surface area contributed by atoms with Crippen LogP contribution in [0.2, 0.25) is 0 Å².